The number of nitrogens with one attached hydrogen (secondary N) is 1. The third-order valence-electron chi connectivity index (χ3n) is 2.84. The molecule has 0 radical (unpaired) electrons. The Kier molecular flexibility index (Phi) is 4.53. The van der Waals surface area contributed by atoms with Crippen LogP contribution < -0.4 is 10.1 Å². The molecule has 3 aromatic rings. The van der Waals surface area contributed by atoms with E-state index in [2.05, 4.69) is 26.2 Å². The van der Waals surface area contributed by atoms with Gasteiger partial charge in [-0.05, 0) is 30.3 Å². The van der Waals surface area contributed by atoms with Crippen LogP contribution in [0.1, 0.15) is 0 Å². The molecule has 23 heavy (non-hydrogen) atoms. The maximum absolute atomic E-state index is 13.6. The van der Waals surface area contributed by atoms with E-state index < -0.39 is 17.5 Å². The summed E-state index contributed by atoms with van der Waals surface area (Å²) in [4.78, 5) is 15.8. The molecule has 0 spiro atoms. The minimum absolute atomic E-state index is 0.0283. The van der Waals surface area contributed by atoms with Gasteiger partial charge in [0.15, 0.2) is 17.6 Å². The first-order valence-electron chi connectivity index (χ1n) is 6.45. The average molecular weight is 399 g/mol. The first-order valence-corrected chi connectivity index (χ1v) is 8.06. The maximum atomic E-state index is 13.6. The molecule has 0 atom stereocenters. The van der Waals surface area contributed by atoms with Crippen LogP contribution in [0.3, 0.4) is 0 Å². The van der Waals surface area contributed by atoms with Gasteiger partial charge in [0.2, 0.25) is 0 Å². The summed E-state index contributed by atoms with van der Waals surface area (Å²) in [5, 5.41) is 2.69. The van der Waals surface area contributed by atoms with E-state index in [0.29, 0.717) is 10.4 Å². The van der Waals surface area contributed by atoms with Crippen LogP contribution in [0, 0.1) is 11.6 Å². The number of carbonyl (C=O) groups is 1. The third kappa shape index (κ3) is 3.83. The van der Waals surface area contributed by atoms with Gasteiger partial charge in [-0.15, -0.1) is 0 Å². The van der Waals surface area contributed by atoms with E-state index in [1.54, 1.807) is 24.3 Å². The molecule has 0 saturated heterocycles. The molecule has 4 nitrogen and oxygen atoms in total. The second-order valence-electron chi connectivity index (χ2n) is 4.54. The molecule has 0 aliphatic heterocycles. The molecule has 1 aromatic heterocycles. The molecule has 0 aliphatic rings. The Hall–Kier alpha value is -2.06. The van der Waals surface area contributed by atoms with Gasteiger partial charge in [0.05, 0.1) is 4.70 Å². The highest BCUT2D eigenvalue weighted by Gasteiger charge is 2.12. The number of nitrogens with zero attached hydrogens (tertiary/aromatic N) is 1. The van der Waals surface area contributed by atoms with Crippen LogP contribution in [0.4, 0.5) is 13.9 Å². The summed E-state index contributed by atoms with van der Waals surface area (Å²) >= 11 is 4.29. The van der Waals surface area contributed by atoms with Crippen LogP contribution >= 0.6 is 27.3 Å². The number of anilines is 1. The monoisotopic (exact) mass is 398 g/mol. The van der Waals surface area contributed by atoms with Crippen LogP contribution in [0.15, 0.2) is 40.9 Å². The first kappa shape index (κ1) is 15.8. The van der Waals surface area contributed by atoms with Crippen LogP contribution in [-0.4, -0.2) is 17.5 Å². The van der Waals surface area contributed by atoms with Gasteiger partial charge in [-0.3, -0.25) is 10.1 Å². The molecule has 0 aliphatic carbocycles. The van der Waals surface area contributed by atoms with Crippen molar-refractivity contribution in [3.63, 3.8) is 0 Å². The molecule has 1 heterocycles. The van der Waals surface area contributed by atoms with E-state index in [4.69, 9.17) is 4.74 Å². The van der Waals surface area contributed by atoms with Crippen molar-refractivity contribution in [2.75, 3.05) is 11.9 Å². The minimum Gasteiger partial charge on any atom is -0.484 e. The number of carbonyl (C=O) groups excluding carboxylic acids is 1. The zero-order valence-corrected chi connectivity index (χ0v) is 13.9. The zero-order valence-electron chi connectivity index (χ0n) is 11.5. The number of thiazole rings is 1. The summed E-state index contributed by atoms with van der Waals surface area (Å²) in [6, 6.07) is 8.94. The number of halogens is 3. The largest absolute Gasteiger partial charge is 0.484 e. The van der Waals surface area contributed by atoms with Crippen molar-refractivity contribution in [1.29, 1.82) is 0 Å². The van der Waals surface area contributed by atoms with Crippen molar-refractivity contribution < 1.29 is 18.3 Å². The number of rotatable bonds is 4. The Balaban J connectivity index is 1.65. The number of aromatic nitrogens is 1. The number of hydrogen-bond donors (Lipinski definition) is 1. The molecular weight excluding hydrogens is 390 g/mol. The third-order valence-corrected chi connectivity index (χ3v) is 4.29. The standard InChI is InChI=1S/C15H9BrF2N2O2S/c16-8-1-3-10(4-2-8)22-7-13(21)19-15-20-14-11(18)5-9(17)6-12(14)23-15/h1-6H,7H2,(H,19,20,21). The van der Waals surface area contributed by atoms with Crippen molar-refractivity contribution in [2.45, 2.75) is 0 Å². The molecule has 0 bridgehead atoms. The van der Waals surface area contributed by atoms with Gasteiger partial charge in [0.25, 0.3) is 5.91 Å². The molecule has 0 unspecified atom stereocenters. The lowest BCUT2D eigenvalue weighted by Gasteiger charge is -2.05. The molecule has 0 saturated carbocycles. The fraction of sp³-hybridized carbons (Fsp3) is 0.0667. The summed E-state index contributed by atoms with van der Waals surface area (Å²) in [5.74, 6) is -1.34. The number of amides is 1. The molecule has 1 amide bonds. The van der Waals surface area contributed by atoms with Gasteiger partial charge >= 0.3 is 0 Å². The van der Waals surface area contributed by atoms with E-state index >= 15 is 0 Å². The van der Waals surface area contributed by atoms with Gasteiger partial charge in [-0.25, -0.2) is 13.8 Å². The van der Waals surface area contributed by atoms with Crippen LogP contribution in [0.5, 0.6) is 5.75 Å². The molecule has 2 aromatic carbocycles. The highest BCUT2D eigenvalue weighted by molar-refractivity contribution is 9.10. The molecule has 0 fully saturated rings. The number of fused-ring (bicyclic) bond motifs is 1. The van der Waals surface area contributed by atoms with E-state index in [-0.39, 0.29) is 17.3 Å². The van der Waals surface area contributed by atoms with E-state index in [1.165, 1.54) is 6.07 Å². The summed E-state index contributed by atoms with van der Waals surface area (Å²) < 4.78 is 33.2. The van der Waals surface area contributed by atoms with Gasteiger partial charge in [0, 0.05) is 10.5 Å². The number of hydrogen-bond acceptors (Lipinski definition) is 4. The minimum atomic E-state index is -0.761. The van der Waals surface area contributed by atoms with Crippen molar-refractivity contribution in [2.24, 2.45) is 0 Å². The summed E-state index contributed by atoms with van der Waals surface area (Å²) in [6.07, 6.45) is 0. The fourth-order valence-electron chi connectivity index (χ4n) is 1.85. The quantitative estimate of drug-likeness (QED) is 0.710. The lowest BCUT2D eigenvalue weighted by Crippen LogP contribution is -2.19. The van der Waals surface area contributed by atoms with Crippen molar-refractivity contribution >= 4 is 48.5 Å². The van der Waals surface area contributed by atoms with Gasteiger partial charge in [-0.2, -0.15) is 0 Å². The summed E-state index contributed by atoms with van der Waals surface area (Å²) in [7, 11) is 0. The molecule has 3 rings (SSSR count). The second kappa shape index (κ2) is 6.59. The Morgan fingerprint density at radius 3 is 2.74 bits per heavy atom. The first-order chi connectivity index (χ1) is 11.0. The Morgan fingerprint density at radius 1 is 1.26 bits per heavy atom. The van der Waals surface area contributed by atoms with Gasteiger partial charge in [0.1, 0.15) is 17.1 Å². The average Bonchev–Trinajstić information content (AvgIpc) is 2.89. The molecule has 1 N–H and O–H groups in total. The lowest BCUT2D eigenvalue weighted by molar-refractivity contribution is -0.118. The zero-order chi connectivity index (χ0) is 16.4. The Morgan fingerprint density at radius 2 is 2.00 bits per heavy atom. The maximum Gasteiger partial charge on any atom is 0.264 e. The number of benzene rings is 2. The topological polar surface area (TPSA) is 51.2 Å². The lowest BCUT2D eigenvalue weighted by atomic mass is 10.3. The summed E-state index contributed by atoms with van der Waals surface area (Å²) in [6.45, 7) is -0.214. The Labute approximate surface area is 142 Å². The molecule has 118 valence electrons. The molecule has 8 heteroatoms. The van der Waals surface area contributed by atoms with E-state index in [1.807, 2.05) is 0 Å². The molecular formula is C15H9BrF2N2O2S. The Bertz CT molecular complexity index is 868. The normalized spacial score (nSPS) is 10.7. The summed E-state index contributed by atoms with van der Waals surface area (Å²) in [5.41, 5.74) is 0.0283. The SMILES string of the molecule is O=C(COc1ccc(Br)cc1)Nc1nc2c(F)cc(F)cc2s1. The van der Waals surface area contributed by atoms with Gasteiger partial charge in [-0.1, -0.05) is 27.3 Å². The fourth-order valence-corrected chi connectivity index (χ4v) is 3.03. The van der Waals surface area contributed by atoms with Crippen molar-refractivity contribution in [1.82, 2.24) is 4.98 Å². The highest BCUT2D eigenvalue weighted by Crippen LogP contribution is 2.28. The van der Waals surface area contributed by atoms with Crippen molar-refractivity contribution in [3.05, 3.63) is 52.5 Å². The van der Waals surface area contributed by atoms with Crippen LogP contribution in [0.25, 0.3) is 10.2 Å². The van der Waals surface area contributed by atoms with Crippen LogP contribution in [0.2, 0.25) is 0 Å². The second-order valence-corrected chi connectivity index (χ2v) is 6.49. The van der Waals surface area contributed by atoms with Crippen molar-refractivity contribution in [3.8, 4) is 5.75 Å². The van der Waals surface area contributed by atoms with E-state index in [0.717, 1.165) is 21.9 Å². The predicted octanol–water partition coefficient (Wildman–Crippen LogP) is 4.35. The number of ether oxygens (including phenoxy) is 1. The van der Waals surface area contributed by atoms with Crippen LogP contribution in [-0.2, 0) is 4.79 Å². The predicted molar refractivity (Wildman–Crippen MR) is 87.8 cm³/mol. The van der Waals surface area contributed by atoms with E-state index in [9.17, 15) is 13.6 Å². The van der Waals surface area contributed by atoms with Gasteiger partial charge < -0.3 is 4.74 Å². The highest BCUT2D eigenvalue weighted by atomic mass is 79.9. The smallest absolute Gasteiger partial charge is 0.264 e.